The molecule has 6 aromatic carbocycles. The van der Waals surface area contributed by atoms with Crippen LogP contribution in [0, 0.1) is 13.7 Å². The average Bonchev–Trinajstić information content (AvgIpc) is 3.40. The first-order valence-corrected chi connectivity index (χ1v) is 15.4. The summed E-state index contributed by atoms with van der Waals surface area (Å²) >= 11 is 0. The molecule has 0 atom stereocenters. The minimum atomic E-state index is -2.52. The molecular weight excluding hydrogens is 542 g/mol. The number of hydrogen-bond acceptors (Lipinski definition) is 1. The van der Waals surface area contributed by atoms with Gasteiger partial charge in [0.05, 0.1) is 5.41 Å². The van der Waals surface area contributed by atoms with Gasteiger partial charge in [-0.05, 0) is 105 Å². The first kappa shape index (κ1) is 20.2. The zero-order chi connectivity index (χ0) is 37.9. The van der Waals surface area contributed by atoms with E-state index in [1.165, 1.54) is 18.2 Å². The van der Waals surface area contributed by atoms with Crippen molar-refractivity contribution in [1.82, 2.24) is 0 Å². The van der Waals surface area contributed by atoms with E-state index in [9.17, 15) is 2.74 Å². The van der Waals surface area contributed by atoms with Gasteiger partial charge in [0.15, 0.2) is 0 Å². The Labute approximate surface area is 278 Å². The predicted octanol–water partition coefficient (Wildman–Crippen LogP) is 10.8. The van der Waals surface area contributed by atoms with Crippen LogP contribution in [0.5, 0.6) is 0 Å². The number of nitrogen functional groups attached to an aromatic ring is 1. The van der Waals surface area contributed by atoms with E-state index < -0.39 is 25.5 Å². The smallest absolute Gasteiger partial charge is 0.0719 e. The molecule has 0 fully saturated rings. The summed E-state index contributed by atoms with van der Waals surface area (Å²) in [6.45, 7) is 1.25. The molecule has 0 amide bonds. The van der Waals surface area contributed by atoms with Crippen LogP contribution >= 0.6 is 0 Å². The van der Waals surface area contributed by atoms with Crippen LogP contribution in [-0.4, -0.2) is 0 Å². The number of rotatable bonds is 2. The monoisotopic (exact) mass is 589 g/mol. The fourth-order valence-corrected chi connectivity index (χ4v) is 7.51. The zero-order valence-electron chi connectivity index (χ0n) is 33.6. The molecule has 2 aliphatic rings. The normalized spacial score (nSPS) is 18.4. The number of nitrogens with two attached hydrogens (primary N) is 1. The molecule has 0 aromatic heterocycles. The summed E-state index contributed by atoms with van der Waals surface area (Å²) < 4.78 is 67.4. The third-order valence-electron chi connectivity index (χ3n) is 9.58. The quantitative estimate of drug-likeness (QED) is 0.199. The molecule has 1 heteroatoms. The topological polar surface area (TPSA) is 26.0 Å². The van der Waals surface area contributed by atoms with Gasteiger partial charge in [-0.15, -0.1) is 0 Å². The summed E-state index contributed by atoms with van der Waals surface area (Å²) in [5.41, 5.74) is 17.2. The second-order valence-electron chi connectivity index (χ2n) is 13.3. The molecule has 0 saturated carbocycles. The Balaban J connectivity index is 1.41. The highest BCUT2D eigenvalue weighted by atomic mass is 14.6. The van der Waals surface area contributed by atoms with Gasteiger partial charge in [-0.25, -0.2) is 0 Å². The first-order valence-electron chi connectivity index (χ1n) is 19.4. The first-order chi connectivity index (χ1) is 24.8. The highest BCUT2D eigenvalue weighted by Gasteiger charge is 2.49. The van der Waals surface area contributed by atoms with Gasteiger partial charge in [0.25, 0.3) is 0 Å². The SMILES string of the molecule is [2H]C([2H])([2H])c1cc(-c2cc(C(C)(C)C)cc(-c3ccc4c(c3)-c3ccccc3C43c4ccccc4C([2H])([2H])c4ccccc43)c2N)cc(C([2H])([2H])[2H])c1. The Morgan fingerprint density at radius 3 is 1.76 bits per heavy atom. The molecular formula is C44H39N. The number of fused-ring (bicyclic) bond motifs is 9. The third kappa shape index (κ3) is 4.07. The van der Waals surface area contributed by atoms with Crippen LogP contribution in [-0.2, 0) is 17.2 Å². The Morgan fingerprint density at radius 2 is 1.13 bits per heavy atom. The minimum Gasteiger partial charge on any atom is -0.398 e. The molecule has 8 rings (SSSR count). The van der Waals surface area contributed by atoms with Crippen molar-refractivity contribution in [2.45, 2.75) is 51.7 Å². The van der Waals surface area contributed by atoms with Crippen molar-refractivity contribution < 1.29 is 11.0 Å². The summed E-state index contributed by atoms with van der Waals surface area (Å²) in [5, 5.41) is 0. The molecule has 0 radical (unpaired) electrons. The number of anilines is 1. The maximum Gasteiger partial charge on any atom is 0.0719 e. The molecule has 2 N–H and O–H groups in total. The van der Waals surface area contributed by atoms with Crippen LogP contribution in [0.15, 0.2) is 121 Å². The lowest BCUT2D eigenvalue weighted by molar-refractivity contribution is 0.591. The van der Waals surface area contributed by atoms with Crippen LogP contribution < -0.4 is 5.73 Å². The largest absolute Gasteiger partial charge is 0.398 e. The lowest BCUT2D eigenvalue weighted by Crippen LogP contribution is -2.34. The standard InChI is InChI=1S/C44H39N/c1-27-20-28(2)22-32(21-27)36-26-33(43(3,4)5)25-35(42(36)45)29-18-19-41-37(24-29)34-14-8-11-17-40(34)44(41)38-15-9-6-12-30(38)23-31-13-7-10-16-39(31)44/h6-22,24-26H,23,45H2,1-5H3/i1D3,2D3,23D2. The molecule has 0 saturated heterocycles. The van der Waals surface area contributed by atoms with E-state index >= 15 is 0 Å². The van der Waals surface area contributed by atoms with E-state index in [0.717, 1.165) is 50.1 Å². The van der Waals surface area contributed by atoms with Gasteiger partial charge in [0, 0.05) is 27.8 Å². The maximum atomic E-state index is 9.32. The van der Waals surface area contributed by atoms with Crippen molar-refractivity contribution in [3.8, 4) is 33.4 Å². The second-order valence-corrected chi connectivity index (χ2v) is 13.3. The molecule has 2 aliphatic carbocycles. The summed E-state index contributed by atoms with van der Waals surface area (Å²) in [6, 6.07) is 38.7. The fourth-order valence-electron chi connectivity index (χ4n) is 7.51. The number of hydrogen-bond donors (Lipinski definition) is 1. The molecule has 45 heavy (non-hydrogen) atoms. The van der Waals surface area contributed by atoms with Gasteiger partial charge >= 0.3 is 0 Å². The van der Waals surface area contributed by atoms with Crippen molar-refractivity contribution in [2.75, 3.05) is 5.73 Å². The summed E-state index contributed by atoms with van der Waals surface area (Å²) in [5.74, 6) is 0. The van der Waals surface area contributed by atoms with Crippen LogP contribution in [0.2, 0.25) is 0 Å². The molecule has 6 aromatic rings. The van der Waals surface area contributed by atoms with Gasteiger partial charge in [0.2, 0.25) is 0 Å². The van der Waals surface area contributed by atoms with Gasteiger partial charge < -0.3 is 5.73 Å². The van der Waals surface area contributed by atoms with Crippen molar-refractivity contribution in [3.63, 3.8) is 0 Å². The number of aryl methyl sites for hydroxylation is 2. The van der Waals surface area contributed by atoms with Gasteiger partial charge in [-0.3, -0.25) is 0 Å². The van der Waals surface area contributed by atoms with Crippen molar-refractivity contribution in [3.05, 3.63) is 171 Å². The van der Waals surface area contributed by atoms with Crippen LogP contribution in [0.25, 0.3) is 33.4 Å². The fraction of sp³-hybridized carbons (Fsp3) is 0.182. The van der Waals surface area contributed by atoms with E-state index in [2.05, 4.69) is 69.3 Å². The highest BCUT2D eigenvalue weighted by molar-refractivity contribution is 5.94. The third-order valence-corrected chi connectivity index (χ3v) is 9.58. The molecule has 0 bridgehead atoms. The molecule has 220 valence electrons. The summed E-state index contributed by atoms with van der Waals surface area (Å²) in [4.78, 5) is 0. The number of benzene rings is 6. The average molecular weight is 590 g/mol. The highest BCUT2D eigenvalue weighted by Crippen LogP contribution is 2.59. The Bertz CT molecular complexity index is 2380. The van der Waals surface area contributed by atoms with E-state index in [-0.39, 0.29) is 16.5 Å². The van der Waals surface area contributed by atoms with E-state index in [0.29, 0.717) is 27.9 Å². The van der Waals surface area contributed by atoms with Gasteiger partial charge in [-0.1, -0.05) is 135 Å². The Morgan fingerprint density at radius 1 is 0.578 bits per heavy atom. The van der Waals surface area contributed by atoms with Crippen LogP contribution in [0.4, 0.5) is 5.69 Å². The zero-order valence-corrected chi connectivity index (χ0v) is 25.6. The van der Waals surface area contributed by atoms with E-state index in [1.54, 1.807) is 0 Å². The second kappa shape index (κ2) is 9.81. The summed E-state index contributed by atoms with van der Waals surface area (Å²) in [7, 11) is 0. The molecule has 1 nitrogen and oxygen atoms in total. The van der Waals surface area contributed by atoms with Crippen molar-refractivity contribution in [1.29, 1.82) is 0 Å². The lowest BCUT2D eigenvalue weighted by Gasteiger charge is -2.40. The van der Waals surface area contributed by atoms with Crippen LogP contribution in [0.3, 0.4) is 0 Å². The summed E-state index contributed by atoms with van der Waals surface area (Å²) in [6.07, 6.45) is -1.69. The molecule has 1 spiro atoms. The Kier molecular flexibility index (Phi) is 4.41. The van der Waals surface area contributed by atoms with Gasteiger partial charge in [-0.2, -0.15) is 0 Å². The Hall–Kier alpha value is -4.88. The minimum absolute atomic E-state index is 0.0555. The predicted molar refractivity (Wildman–Crippen MR) is 190 cm³/mol. The molecule has 0 heterocycles. The van der Waals surface area contributed by atoms with E-state index in [4.69, 9.17) is 14.0 Å². The van der Waals surface area contributed by atoms with Crippen LogP contribution in [0.1, 0.15) is 81.8 Å². The lowest BCUT2D eigenvalue weighted by atomic mass is 9.61. The molecule has 0 aliphatic heterocycles. The molecule has 0 unspecified atom stereocenters. The maximum absolute atomic E-state index is 9.32. The van der Waals surface area contributed by atoms with Gasteiger partial charge in [0.1, 0.15) is 0 Å². The van der Waals surface area contributed by atoms with Crippen molar-refractivity contribution in [2.24, 2.45) is 0 Å². The van der Waals surface area contributed by atoms with E-state index in [1.807, 2.05) is 54.6 Å². The van der Waals surface area contributed by atoms with Crippen molar-refractivity contribution >= 4 is 5.69 Å².